The van der Waals surface area contributed by atoms with Crippen LogP contribution in [0.3, 0.4) is 0 Å². The predicted molar refractivity (Wildman–Crippen MR) is 125 cm³/mol. The summed E-state index contributed by atoms with van der Waals surface area (Å²) in [5, 5.41) is 15.1. The maximum Gasteiger partial charge on any atom is 0.268 e. The van der Waals surface area contributed by atoms with Gasteiger partial charge in [-0.05, 0) is 50.1 Å². The van der Waals surface area contributed by atoms with E-state index >= 15 is 0 Å². The molecule has 32 heavy (non-hydrogen) atoms. The monoisotopic (exact) mass is 488 g/mol. The summed E-state index contributed by atoms with van der Waals surface area (Å²) in [6, 6.07) is 12.9. The maximum atomic E-state index is 6.53. The standard InChI is InChI=1S/C23H19Cl3N4O2/c1-13-20(23-28-27-22(32-23)15-8-10-31-11-9-15)29-30(19-7-6-17(25)12-18(19)26)21(13)14-2-4-16(24)5-3-14/h2-7,12,15H,8-11H2,1H3. The van der Waals surface area contributed by atoms with E-state index < -0.39 is 0 Å². The van der Waals surface area contributed by atoms with Crippen LogP contribution in [0.25, 0.3) is 28.5 Å². The number of rotatable bonds is 4. The molecule has 0 bridgehead atoms. The van der Waals surface area contributed by atoms with Crippen LogP contribution in [0, 0.1) is 6.92 Å². The van der Waals surface area contributed by atoms with Crippen molar-refractivity contribution < 1.29 is 9.15 Å². The summed E-state index contributed by atoms with van der Waals surface area (Å²) in [5.74, 6) is 1.20. The molecule has 0 radical (unpaired) electrons. The van der Waals surface area contributed by atoms with E-state index in [0.29, 0.717) is 51.4 Å². The first-order valence-electron chi connectivity index (χ1n) is 10.2. The lowest BCUT2D eigenvalue weighted by atomic mass is 10.0. The van der Waals surface area contributed by atoms with Crippen molar-refractivity contribution in [3.63, 3.8) is 0 Å². The van der Waals surface area contributed by atoms with Crippen molar-refractivity contribution in [3.8, 4) is 28.5 Å². The third-order valence-electron chi connectivity index (χ3n) is 5.59. The molecule has 0 saturated carbocycles. The fourth-order valence-electron chi connectivity index (χ4n) is 3.91. The number of aromatic nitrogens is 4. The highest BCUT2D eigenvalue weighted by Crippen LogP contribution is 2.37. The van der Waals surface area contributed by atoms with Crippen LogP contribution in [-0.2, 0) is 4.74 Å². The largest absolute Gasteiger partial charge is 0.419 e. The van der Waals surface area contributed by atoms with Gasteiger partial charge in [-0.15, -0.1) is 10.2 Å². The lowest BCUT2D eigenvalue weighted by Crippen LogP contribution is -2.14. The highest BCUT2D eigenvalue weighted by Gasteiger charge is 2.26. The van der Waals surface area contributed by atoms with Gasteiger partial charge < -0.3 is 9.15 Å². The molecule has 0 spiro atoms. The lowest BCUT2D eigenvalue weighted by Gasteiger charge is -2.18. The van der Waals surface area contributed by atoms with Gasteiger partial charge in [-0.25, -0.2) is 4.68 Å². The summed E-state index contributed by atoms with van der Waals surface area (Å²) in [6.07, 6.45) is 1.73. The Hall–Kier alpha value is -2.38. The molecular weight excluding hydrogens is 471 g/mol. The first kappa shape index (κ1) is 21.5. The van der Waals surface area contributed by atoms with Crippen LogP contribution >= 0.6 is 34.8 Å². The number of benzene rings is 2. The molecule has 0 unspecified atom stereocenters. The molecule has 9 heteroatoms. The molecule has 0 amide bonds. The van der Waals surface area contributed by atoms with E-state index in [1.54, 1.807) is 16.8 Å². The summed E-state index contributed by atoms with van der Waals surface area (Å²) < 4.78 is 13.3. The van der Waals surface area contributed by atoms with E-state index in [0.717, 1.165) is 29.7 Å². The number of hydrogen-bond donors (Lipinski definition) is 0. The second kappa shape index (κ2) is 8.87. The highest BCUT2D eigenvalue weighted by molar-refractivity contribution is 6.35. The molecule has 0 N–H and O–H groups in total. The Balaban J connectivity index is 1.64. The van der Waals surface area contributed by atoms with E-state index in [4.69, 9.17) is 49.1 Å². The van der Waals surface area contributed by atoms with Crippen molar-refractivity contribution in [2.75, 3.05) is 13.2 Å². The first-order chi connectivity index (χ1) is 15.5. The van der Waals surface area contributed by atoms with Gasteiger partial charge in [-0.1, -0.05) is 46.9 Å². The fourth-order valence-corrected chi connectivity index (χ4v) is 4.53. The number of ether oxygens (including phenoxy) is 1. The Morgan fingerprint density at radius 1 is 0.938 bits per heavy atom. The Morgan fingerprint density at radius 2 is 1.66 bits per heavy atom. The van der Waals surface area contributed by atoms with Crippen LogP contribution in [0.15, 0.2) is 46.9 Å². The summed E-state index contributed by atoms with van der Waals surface area (Å²) in [7, 11) is 0. The molecule has 0 aliphatic carbocycles. The minimum absolute atomic E-state index is 0.203. The number of hydrogen-bond acceptors (Lipinski definition) is 5. The molecule has 2 aromatic carbocycles. The molecule has 6 nitrogen and oxygen atoms in total. The fraction of sp³-hybridized carbons (Fsp3) is 0.261. The average molecular weight is 490 g/mol. The van der Waals surface area contributed by atoms with Gasteiger partial charge >= 0.3 is 0 Å². The number of halogens is 3. The van der Waals surface area contributed by atoms with Gasteiger partial charge in [0, 0.05) is 40.3 Å². The Labute approximate surface area is 200 Å². The van der Waals surface area contributed by atoms with Crippen molar-refractivity contribution in [1.82, 2.24) is 20.0 Å². The molecule has 164 valence electrons. The van der Waals surface area contributed by atoms with E-state index in [9.17, 15) is 0 Å². The second-order valence-corrected chi connectivity index (χ2v) is 8.95. The smallest absolute Gasteiger partial charge is 0.268 e. The molecule has 1 aliphatic heterocycles. The van der Waals surface area contributed by atoms with Crippen LogP contribution in [0.2, 0.25) is 15.1 Å². The quantitative estimate of drug-likeness (QED) is 0.317. The molecule has 3 heterocycles. The molecular formula is C23H19Cl3N4O2. The molecule has 2 aromatic heterocycles. The topological polar surface area (TPSA) is 66.0 Å². The predicted octanol–water partition coefficient (Wildman–Crippen LogP) is 6.75. The second-order valence-electron chi connectivity index (χ2n) is 7.67. The highest BCUT2D eigenvalue weighted by atomic mass is 35.5. The molecule has 5 rings (SSSR count). The van der Waals surface area contributed by atoms with Gasteiger partial charge in [0.25, 0.3) is 5.89 Å². The van der Waals surface area contributed by atoms with Gasteiger partial charge in [0.15, 0.2) is 5.69 Å². The van der Waals surface area contributed by atoms with Gasteiger partial charge in [-0.2, -0.15) is 5.10 Å². The molecule has 4 aromatic rings. The van der Waals surface area contributed by atoms with Gasteiger partial charge in [0.1, 0.15) is 0 Å². The molecule has 1 aliphatic rings. The zero-order valence-corrected chi connectivity index (χ0v) is 19.5. The van der Waals surface area contributed by atoms with Crippen molar-refractivity contribution in [2.24, 2.45) is 0 Å². The third-order valence-corrected chi connectivity index (χ3v) is 6.38. The minimum Gasteiger partial charge on any atom is -0.419 e. The zero-order chi connectivity index (χ0) is 22.2. The summed E-state index contributed by atoms with van der Waals surface area (Å²) in [4.78, 5) is 0. The maximum absolute atomic E-state index is 6.53. The zero-order valence-electron chi connectivity index (χ0n) is 17.2. The average Bonchev–Trinajstić information content (AvgIpc) is 3.40. The minimum atomic E-state index is 0.203. The van der Waals surface area contributed by atoms with E-state index in [1.807, 2.05) is 37.3 Å². The van der Waals surface area contributed by atoms with Crippen molar-refractivity contribution in [1.29, 1.82) is 0 Å². The summed E-state index contributed by atoms with van der Waals surface area (Å²) >= 11 is 18.8. The van der Waals surface area contributed by atoms with Crippen LogP contribution in [0.4, 0.5) is 0 Å². The van der Waals surface area contributed by atoms with Crippen LogP contribution < -0.4 is 0 Å². The van der Waals surface area contributed by atoms with Crippen molar-refractivity contribution in [3.05, 3.63) is 69.0 Å². The molecule has 1 fully saturated rings. The Kier molecular flexibility index (Phi) is 5.95. The SMILES string of the molecule is Cc1c(-c2nnc(C3CCOCC3)o2)nn(-c2ccc(Cl)cc2Cl)c1-c1ccc(Cl)cc1. The first-order valence-corrected chi connectivity index (χ1v) is 11.4. The normalized spacial score (nSPS) is 14.8. The van der Waals surface area contributed by atoms with Crippen molar-refractivity contribution >= 4 is 34.8 Å². The summed E-state index contributed by atoms with van der Waals surface area (Å²) in [6.45, 7) is 3.38. The van der Waals surface area contributed by atoms with Crippen molar-refractivity contribution in [2.45, 2.75) is 25.7 Å². The lowest BCUT2D eigenvalue weighted by molar-refractivity contribution is 0.0795. The molecule has 1 saturated heterocycles. The Morgan fingerprint density at radius 3 is 2.38 bits per heavy atom. The number of nitrogens with zero attached hydrogens (tertiary/aromatic N) is 4. The van der Waals surface area contributed by atoms with Gasteiger partial charge in [0.2, 0.25) is 5.89 Å². The van der Waals surface area contributed by atoms with Crippen LogP contribution in [0.1, 0.15) is 30.2 Å². The summed E-state index contributed by atoms with van der Waals surface area (Å²) in [5.41, 5.74) is 3.97. The van der Waals surface area contributed by atoms with Gasteiger partial charge in [-0.3, -0.25) is 0 Å². The van der Waals surface area contributed by atoms with Crippen LogP contribution in [0.5, 0.6) is 0 Å². The van der Waals surface area contributed by atoms with E-state index in [1.165, 1.54) is 0 Å². The third kappa shape index (κ3) is 4.04. The van der Waals surface area contributed by atoms with E-state index in [-0.39, 0.29) is 5.92 Å². The van der Waals surface area contributed by atoms with E-state index in [2.05, 4.69) is 10.2 Å². The Bertz CT molecular complexity index is 1260. The molecule has 0 atom stereocenters. The van der Waals surface area contributed by atoms with Gasteiger partial charge in [0.05, 0.1) is 16.4 Å². The van der Waals surface area contributed by atoms with Crippen LogP contribution in [-0.4, -0.2) is 33.2 Å².